The van der Waals surface area contributed by atoms with Gasteiger partial charge in [-0.2, -0.15) is 5.10 Å². The van der Waals surface area contributed by atoms with Crippen LogP contribution in [-0.4, -0.2) is 53.4 Å². The van der Waals surface area contributed by atoms with E-state index >= 15 is 0 Å². The number of sulfonamides is 1. The summed E-state index contributed by atoms with van der Waals surface area (Å²) in [5.41, 5.74) is 3.11. The van der Waals surface area contributed by atoms with Gasteiger partial charge in [0.1, 0.15) is 12.3 Å². The fraction of sp³-hybridized carbons (Fsp3) is 0.174. The smallest absolute Gasteiger partial charge is 0.265 e. The van der Waals surface area contributed by atoms with E-state index in [2.05, 4.69) is 15.5 Å². The summed E-state index contributed by atoms with van der Waals surface area (Å²) in [5.74, 6) is 0.0624. The molecule has 0 aliphatic rings. The lowest BCUT2D eigenvalue weighted by Crippen LogP contribution is -2.39. The van der Waals surface area contributed by atoms with Crippen molar-refractivity contribution in [3.63, 3.8) is 0 Å². The van der Waals surface area contributed by atoms with E-state index < -0.39 is 22.5 Å². The third kappa shape index (κ3) is 6.19. The van der Waals surface area contributed by atoms with Crippen molar-refractivity contribution < 1.29 is 27.4 Å². The van der Waals surface area contributed by atoms with Crippen LogP contribution in [0.5, 0.6) is 17.2 Å². The molecule has 3 aromatic rings. The van der Waals surface area contributed by atoms with Crippen LogP contribution in [0, 0.1) is 0 Å². The quantitative estimate of drug-likeness (QED) is 0.323. The van der Waals surface area contributed by atoms with Crippen molar-refractivity contribution in [2.24, 2.45) is 5.10 Å². The number of halogens is 1. The molecular formula is C23H23ClN4O6S. The molecule has 0 bridgehead atoms. The number of ether oxygens (including phenoxy) is 3. The number of carbonyl (C=O) groups is 1. The van der Waals surface area contributed by atoms with Crippen molar-refractivity contribution in [1.82, 2.24) is 10.4 Å². The summed E-state index contributed by atoms with van der Waals surface area (Å²) in [6.45, 7) is -0.610. The van der Waals surface area contributed by atoms with E-state index in [0.29, 0.717) is 11.3 Å². The Morgan fingerprint density at radius 3 is 2.31 bits per heavy atom. The lowest BCUT2D eigenvalue weighted by atomic mass is 10.3. The number of methoxy groups -OCH3 is 3. The van der Waals surface area contributed by atoms with Gasteiger partial charge in [0.25, 0.3) is 15.9 Å². The molecule has 0 spiro atoms. The second-order valence-electron chi connectivity index (χ2n) is 6.92. The molecule has 3 rings (SSSR count). The zero-order valence-corrected chi connectivity index (χ0v) is 20.7. The van der Waals surface area contributed by atoms with Crippen LogP contribution in [0.2, 0.25) is 5.02 Å². The first-order valence-corrected chi connectivity index (χ1v) is 11.9. The van der Waals surface area contributed by atoms with Crippen molar-refractivity contribution in [2.75, 3.05) is 32.2 Å². The van der Waals surface area contributed by atoms with E-state index in [1.807, 2.05) is 0 Å². The number of benzene rings is 2. The number of rotatable bonds is 10. The lowest BCUT2D eigenvalue weighted by Gasteiger charge is -2.25. The number of amides is 1. The van der Waals surface area contributed by atoms with Gasteiger partial charge >= 0.3 is 0 Å². The molecule has 0 unspecified atom stereocenters. The number of nitrogens with one attached hydrogen (secondary N) is 1. The Labute approximate surface area is 208 Å². The molecule has 0 aliphatic heterocycles. The van der Waals surface area contributed by atoms with Gasteiger partial charge in [-0.1, -0.05) is 11.6 Å². The van der Waals surface area contributed by atoms with Crippen LogP contribution in [0.25, 0.3) is 0 Å². The SMILES string of the molecule is COc1ccc(S(=O)(=O)N(CC(=O)N/N=C\c2ccncc2)c2cc(Cl)ccc2OC)cc1OC. The van der Waals surface area contributed by atoms with Crippen LogP contribution in [0.3, 0.4) is 0 Å². The van der Waals surface area contributed by atoms with Gasteiger partial charge in [-0.15, -0.1) is 0 Å². The van der Waals surface area contributed by atoms with E-state index in [-0.39, 0.29) is 27.1 Å². The summed E-state index contributed by atoms with van der Waals surface area (Å²) < 4.78 is 44.1. The van der Waals surface area contributed by atoms with Gasteiger partial charge < -0.3 is 14.2 Å². The first-order valence-electron chi connectivity index (χ1n) is 10.1. The Hall–Kier alpha value is -3.83. The zero-order valence-electron chi connectivity index (χ0n) is 19.1. The van der Waals surface area contributed by atoms with E-state index in [0.717, 1.165) is 4.31 Å². The van der Waals surface area contributed by atoms with Crippen molar-refractivity contribution in [2.45, 2.75) is 4.90 Å². The number of aromatic nitrogens is 1. The third-order valence-corrected chi connectivity index (χ3v) is 6.74. The topological polar surface area (TPSA) is 119 Å². The fourth-order valence-corrected chi connectivity index (χ4v) is 4.66. The number of hydrogen-bond donors (Lipinski definition) is 1. The minimum atomic E-state index is -4.30. The first kappa shape index (κ1) is 25.8. The Bertz CT molecular complexity index is 1320. The molecule has 184 valence electrons. The Balaban J connectivity index is 1.99. The van der Waals surface area contributed by atoms with Crippen LogP contribution in [0.1, 0.15) is 5.56 Å². The van der Waals surface area contributed by atoms with Crippen LogP contribution in [-0.2, 0) is 14.8 Å². The molecule has 12 heteroatoms. The summed E-state index contributed by atoms with van der Waals surface area (Å²) in [7, 11) is -0.0875. The average molecular weight is 519 g/mol. The maximum absolute atomic E-state index is 13.7. The minimum Gasteiger partial charge on any atom is -0.495 e. The van der Waals surface area contributed by atoms with Gasteiger partial charge in [-0.25, -0.2) is 13.8 Å². The Kier molecular flexibility index (Phi) is 8.50. The summed E-state index contributed by atoms with van der Waals surface area (Å²) in [4.78, 5) is 16.5. The van der Waals surface area contributed by atoms with Crippen LogP contribution < -0.4 is 23.9 Å². The molecule has 0 fully saturated rings. The number of hydrogen-bond acceptors (Lipinski definition) is 8. The molecule has 0 radical (unpaired) electrons. The number of hydrazone groups is 1. The van der Waals surface area contributed by atoms with Crippen molar-refractivity contribution in [3.05, 3.63) is 71.5 Å². The maximum Gasteiger partial charge on any atom is 0.265 e. The summed E-state index contributed by atoms with van der Waals surface area (Å²) >= 11 is 6.15. The highest BCUT2D eigenvalue weighted by molar-refractivity contribution is 7.92. The fourth-order valence-electron chi connectivity index (χ4n) is 3.06. The molecule has 0 saturated carbocycles. The van der Waals surface area contributed by atoms with Crippen LogP contribution in [0.15, 0.2) is 70.9 Å². The normalized spacial score (nSPS) is 11.2. The molecule has 0 saturated heterocycles. The molecule has 1 N–H and O–H groups in total. The predicted molar refractivity (Wildman–Crippen MR) is 132 cm³/mol. The monoisotopic (exact) mass is 518 g/mol. The minimum absolute atomic E-state index is 0.0723. The summed E-state index contributed by atoms with van der Waals surface area (Å²) in [5, 5.41) is 4.14. The number of anilines is 1. The van der Waals surface area contributed by atoms with Gasteiger partial charge in [0.2, 0.25) is 0 Å². The zero-order chi connectivity index (χ0) is 25.4. The first-order chi connectivity index (χ1) is 16.8. The predicted octanol–water partition coefficient (Wildman–Crippen LogP) is 3.11. The van der Waals surface area contributed by atoms with Crippen molar-refractivity contribution in [1.29, 1.82) is 0 Å². The Morgan fingerprint density at radius 2 is 1.66 bits per heavy atom. The number of nitrogens with zero attached hydrogens (tertiary/aromatic N) is 3. The molecule has 0 aliphatic carbocycles. The third-order valence-electron chi connectivity index (χ3n) is 4.75. The largest absolute Gasteiger partial charge is 0.495 e. The van der Waals surface area contributed by atoms with Gasteiger partial charge in [0.05, 0.1) is 38.1 Å². The second kappa shape index (κ2) is 11.5. The molecule has 1 heterocycles. The van der Waals surface area contributed by atoms with Gasteiger partial charge in [-0.05, 0) is 48.0 Å². The van der Waals surface area contributed by atoms with Gasteiger partial charge in [-0.3, -0.25) is 14.1 Å². The molecule has 1 aromatic heterocycles. The highest BCUT2D eigenvalue weighted by atomic mass is 35.5. The average Bonchev–Trinajstić information content (AvgIpc) is 2.87. The van der Waals surface area contributed by atoms with E-state index in [1.54, 1.807) is 30.6 Å². The lowest BCUT2D eigenvalue weighted by molar-refractivity contribution is -0.119. The maximum atomic E-state index is 13.7. The molecule has 10 nitrogen and oxygen atoms in total. The van der Waals surface area contributed by atoms with Gasteiger partial charge in [0.15, 0.2) is 11.5 Å². The Morgan fingerprint density at radius 1 is 1.00 bits per heavy atom. The molecule has 1 amide bonds. The molecule has 0 atom stereocenters. The molecule has 35 heavy (non-hydrogen) atoms. The van der Waals surface area contributed by atoms with E-state index in [4.69, 9.17) is 25.8 Å². The van der Waals surface area contributed by atoms with Crippen molar-refractivity contribution >= 4 is 39.4 Å². The number of pyridine rings is 1. The van der Waals surface area contributed by atoms with Gasteiger partial charge in [0, 0.05) is 23.5 Å². The van der Waals surface area contributed by atoms with E-state index in [9.17, 15) is 13.2 Å². The highest BCUT2D eigenvalue weighted by Crippen LogP contribution is 2.36. The van der Waals surface area contributed by atoms with Crippen LogP contribution in [0.4, 0.5) is 5.69 Å². The van der Waals surface area contributed by atoms with Crippen molar-refractivity contribution in [3.8, 4) is 17.2 Å². The van der Waals surface area contributed by atoms with E-state index in [1.165, 1.54) is 57.9 Å². The highest BCUT2D eigenvalue weighted by Gasteiger charge is 2.30. The van der Waals surface area contributed by atoms with Crippen LogP contribution >= 0.6 is 11.6 Å². The molecule has 2 aromatic carbocycles. The standard InChI is InChI=1S/C23H23ClN4O6S/c1-32-20-6-4-17(24)12-19(20)28(15-23(29)27-26-14-16-8-10-25-11-9-16)35(30,31)18-5-7-21(33-2)22(13-18)34-3/h4-14H,15H2,1-3H3,(H,27,29)/b26-14-. The number of carbonyl (C=O) groups excluding carboxylic acids is 1. The summed E-state index contributed by atoms with van der Waals surface area (Å²) in [6.07, 6.45) is 4.56. The summed E-state index contributed by atoms with van der Waals surface area (Å²) in [6, 6.07) is 11.9. The second-order valence-corrected chi connectivity index (χ2v) is 9.22. The molecular weight excluding hydrogens is 496 g/mol.